The van der Waals surface area contributed by atoms with E-state index in [9.17, 15) is 5.11 Å². The molecule has 4 N–H and O–H groups in total. The number of aliphatic hydroxyl groups is 1. The van der Waals surface area contributed by atoms with Crippen LogP contribution in [0.2, 0.25) is 0 Å². The Bertz CT molecular complexity index is 887. The van der Waals surface area contributed by atoms with Crippen LogP contribution in [0.5, 0.6) is 0 Å². The highest BCUT2D eigenvalue weighted by molar-refractivity contribution is 5.77. The smallest absolute Gasteiger partial charge is 0.135 e. The summed E-state index contributed by atoms with van der Waals surface area (Å²) in [7, 11) is 1.88. The Labute approximate surface area is 174 Å². The third-order valence-corrected chi connectivity index (χ3v) is 5.23. The molecule has 29 heavy (non-hydrogen) atoms. The summed E-state index contributed by atoms with van der Waals surface area (Å²) in [6, 6.07) is 6.33. The number of nitrogens with one attached hydrogen (secondary N) is 1. The van der Waals surface area contributed by atoms with Crippen LogP contribution in [0.25, 0.3) is 16.8 Å². The second-order valence-corrected chi connectivity index (χ2v) is 7.76. The summed E-state index contributed by atoms with van der Waals surface area (Å²) in [6.45, 7) is 12.4. The van der Waals surface area contributed by atoms with Gasteiger partial charge in [0, 0.05) is 24.9 Å². The van der Waals surface area contributed by atoms with Gasteiger partial charge in [0.15, 0.2) is 0 Å². The maximum absolute atomic E-state index is 9.33. The minimum Gasteiger partial charge on any atom is -0.404 e. The Morgan fingerprint density at radius 2 is 2.03 bits per heavy atom. The molecule has 2 rings (SSSR count). The fourth-order valence-electron chi connectivity index (χ4n) is 3.45. The van der Waals surface area contributed by atoms with Gasteiger partial charge in [-0.2, -0.15) is 0 Å². The second kappa shape index (κ2) is 10.2. The van der Waals surface area contributed by atoms with Crippen molar-refractivity contribution in [3.63, 3.8) is 0 Å². The fraction of sp³-hybridized carbons (Fsp3) is 0.417. The van der Waals surface area contributed by atoms with Gasteiger partial charge in [-0.05, 0) is 73.6 Å². The van der Waals surface area contributed by atoms with Gasteiger partial charge in [-0.1, -0.05) is 26.0 Å². The summed E-state index contributed by atoms with van der Waals surface area (Å²) in [5.74, 6) is 1.37. The molecule has 2 aromatic heterocycles. The normalized spacial score (nSPS) is 12.9. The van der Waals surface area contributed by atoms with Crippen molar-refractivity contribution in [1.82, 2.24) is 9.97 Å². The zero-order valence-corrected chi connectivity index (χ0v) is 18.3. The Morgan fingerprint density at radius 1 is 1.31 bits per heavy atom. The quantitative estimate of drug-likeness (QED) is 0.539. The molecule has 0 spiro atoms. The van der Waals surface area contributed by atoms with Gasteiger partial charge in [0.2, 0.25) is 0 Å². The number of nitrogens with two attached hydrogens (primary N) is 1. The van der Waals surface area contributed by atoms with Crippen LogP contribution >= 0.6 is 0 Å². The zero-order chi connectivity index (χ0) is 21.6. The van der Waals surface area contributed by atoms with Gasteiger partial charge < -0.3 is 16.2 Å². The van der Waals surface area contributed by atoms with Crippen LogP contribution in [0.1, 0.15) is 55.6 Å². The van der Waals surface area contributed by atoms with E-state index < -0.39 is 0 Å². The number of allylic oxidation sites excluding steroid dienone is 2. The van der Waals surface area contributed by atoms with Gasteiger partial charge in [-0.15, -0.1) is 6.58 Å². The lowest BCUT2D eigenvalue weighted by atomic mass is 9.91. The molecule has 0 bridgehead atoms. The van der Waals surface area contributed by atoms with Gasteiger partial charge >= 0.3 is 0 Å². The molecule has 0 radical (unpaired) electrons. The number of nitrogens with zero attached hydrogens (tertiary/aromatic N) is 2. The largest absolute Gasteiger partial charge is 0.404 e. The van der Waals surface area contributed by atoms with Gasteiger partial charge in [-0.3, -0.25) is 0 Å². The summed E-state index contributed by atoms with van der Waals surface area (Å²) < 4.78 is 0. The van der Waals surface area contributed by atoms with Crippen molar-refractivity contribution >= 4 is 11.4 Å². The highest BCUT2D eigenvalue weighted by Crippen LogP contribution is 2.33. The van der Waals surface area contributed by atoms with E-state index in [2.05, 4.69) is 50.9 Å². The zero-order valence-electron chi connectivity index (χ0n) is 18.3. The molecule has 0 aliphatic carbocycles. The second-order valence-electron chi connectivity index (χ2n) is 7.76. The van der Waals surface area contributed by atoms with Gasteiger partial charge in [0.05, 0.1) is 11.4 Å². The number of hydrogen-bond donors (Lipinski definition) is 3. The van der Waals surface area contributed by atoms with Crippen molar-refractivity contribution in [3.8, 4) is 11.3 Å². The third kappa shape index (κ3) is 5.24. The predicted molar refractivity (Wildman–Crippen MR) is 123 cm³/mol. The number of pyridine rings is 2. The first-order valence-corrected chi connectivity index (χ1v) is 10.2. The topological polar surface area (TPSA) is 84.1 Å². The predicted octanol–water partition coefficient (Wildman–Crippen LogP) is 4.66. The van der Waals surface area contributed by atoms with E-state index in [1.54, 1.807) is 6.20 Å². The van der Waals surface area contributed by atoms with Crippen LogP contribution in [0.3, 0.4) is 0 Å². The van der Waals surface area contributed by atoms with Crippen molar-refractivity contribution in [3.05, 3.63) is 59.6 Å². The van der Waals surface area contributed by atoms with E-state index >= 15 is 0 Å². The molecule has 0 aromatic carbocycles. The van der Waals surface area contributed by atoms with E-state index in [0.29, 0.717) is 12.3 Å². The Balaban J connectivity index is 2.62. The number of aliphatic hydroxyl groups excluding tert-OH is 1. The molecule has 0 saturated heterocycles. The lowest BCUT2D eigenvalue weighted by Gasteiger charge is -2.19. The lowest BCUT2D eigenvalue weighted by molar-refractivity contribution is 0.269. The summed E-state index contributed by atoms with van der Waals surface area (Å²) in [5, 5.41) is 12.5. The molecular weight excluding hydrogens is 360 g/mol. The van der Waals surface area contributed by atoms with Crippen LogP contribution in [-0.2, 0) is 6.42 Å². The van der Waals surface area contributed by atoms with E-state index in [1.807, 2.05) is 20.0 Å². The number of hydrogen-bond acceptors (Lipinski definition) is 5. The summed E-state index contributed by atoms with van der Waals surface area (Å²) in [6.07, 6.45) is 4.94. The SMILES string of the molecule is C=C[C@@H](CCO)Cc1cc(C)c(-c2ccc(C(C)C)nc2NC)nc1/C(C)=C\N. The molecule has 2 aromatic rings. The first-order chi connectivity index (χ1) is 13.9. The molecule has 0 unspecified atom stereocenters. The van der Waals surface area contributed by atoms with Crippen molar-refractivity contribution in [2.75, 3.05) is 19.0 Å². The number of rotatable bonds is 9. The molecule has 0 amide bonds. The summed E-state index contributed by atoms with van der Waals surface area (Å²) in [5.41, 5.74) is 12.8. The molecule has 156 valence electrons. The highest BCUT2D eigenvalue weighted by atomic mass is 16.3. The molecule has 0 aliphatic heterocycles. The first-order valence-electron chi connectivity index (χ1n) is 10.2. The minimum atomic E-state index is 0.140. The van der Waals surface area contributed by atoms with Crippen molar-refractivity contribution in [1.29, 1.82) is 0 Å². The Morgan fingerprint density at radius 3 is 2.59 bits per heavy atom. The fourth-order valence-corrected chi connectivity index (χ4v) is 3.45. The van der Waals surface area contributed by atoms with Crippen molar-refractivity contribution < 1.29 is 5.11 Å². The molecule has 5 heteroatoms. The molecule has 0 saturated carbocycles. The number of aromatic nitrogens is 2. The van der Waals surface area contributed by atoms with Gasteiger partial charge in [0.25, 0.3) is 0 Å². The van der Waals surface area contributed by atoms with Crippen LogP contribution in [0.4, 0.5) is 5.82 Å². The average molecular weight is 395 g/mol. The molecule has 5 nitrogen and oxygen atoms in total. The molecule has 0 fully saturated rings. The molecule has 2 heterocycles. The van der Waals surface area contributed by atoms with Crippen LogP contribution in [0.15, 0.2) is 37.1 Å². The van der Waals surface area contributed by atoms with E-state index in [-0.39, 0.29) is 12.5 Å². The number of aryl methyl sites for hydroxylation is 1. The van der Waals surface area contributed by atoms with Crippen LogP contribution in [-0.4, -0.2) is 28.7 Å². The van der Waals surface area contributed by atoms with Gasteiger partial charge in [-0.25, -0.2) is 9.97 Å². The minimum absolute atomic E-state index is 0.140. The Hall–Kier alpha value is -2.66. The summed E-state index contributed by atoms with van der Waals surface area (Å²) in [4.78, 5) is 9.80. The van der Waals surface area contributed by atoms with Crippen LogP contribution < -0.4 is 11.1 Å². The van der Waals surface area contributed by atoms with E-state index in [0.717, 1.165) is 51.6 Å². The maximum Gasteiger partial charge on any atom is 0.135 e. The standard InChI is InChI=1S/C24H34N4O/c1-7-18(10-11-29)13-19-12-16(4)23(28-22(19)17(5)14-25)20-8-9-21(15(2)3)27-24(20)26-6/h7-9,12,14-15,18,29H,1,10-11,13,25H2,2-6H3,(H,26,27)/b17-14-/t18-/m0/s1. The number of anilines is 1. The molecule has 0 aliphatic rings. The summed E-state index contributed by atoms with van der Waals surface area (Å²) >= 11 is 0. The molecular formula is C24H34N4O. The highest BCUT2D eigenvalue weighted by Gasteiger charge is 2.18. The molecule has 1 atom stereocenters. The third-order valence-electron chi connectivity index (χ3n) is 5.23. The lowest BCUT2D eigenvalue weighted by Crippen LogP contribution is -2.09. The van der Waals surface area contributed by atoms with Crippen molar-refractivity contribution in [2.45, 2.75) is 46.5 Å². The van der Waals surface area contributed by atoms with E-state index in [4.69, 9.17) is 15.7 Å². The average Bonchev–Trinajstić information content (AvgIpc) is 2.72. The first kappa shape index (κ1) is 22.6. The van der Waals surface area contributed by atoms with Crippen molar-refractivity contribution in [2.24, 2.45) is 11.7 Å². The monoisotopic (exact) mass is 394 g/mol. The van der Waals surface area contributed by atoms with Crippen LogP contribution in [0, 0.1) is 12.8 Å². The Kier molecular flexibility index (Phi) is 7.97. The van der Waals surface area contributed by atoms with Gasteiger partial charge in [0.1, 0.15) is 5.82 Å². The maximum atomic E-state index is 9.33. The van der Waals surface area contributed by atoms with E-state index in [1.165, 1.54) is 0 Å².